The summed E-state index contributed by atoms with van der Waals surface area (Å²) < 4.78 is 4.97. The lowest BCUT2D eigenvalue weighted by atomic mass is 10.1. The molecule has 17 heavy (non-hydrogen) atoms. The normalized spacial score (nSPS) is 9.94. The molecule has 0 atom stereocenters. The fourth-order valence-corrected chi connectivity index (χ4v) is 1.43. The van der Waals surface area contributed by atoms with Crippen molar-refractivity contribution in [3.05, 3.63) is 42.0 Å². The van der Waals surface area contributed by atoms with E-state index in [-0.39, 0.29) is 5.97 Å². The van der Waals surface area contributed by atoms with Crippen LogP contribution in [-0.4, -0.2) is 17.7 Å². The lowest BCUT2D eigenvalue weighted by molar-refractivity contribution is -0.139. The lowest BCUT2D eigenvalue weighted by Gasteiger charge is -2.05. The van der Waals surface area contributed by atoms with E-state index in [4.69, 9.17) is 4.74 Å². The minimum absolute atomic E-state index is 0.325. The van der Waals surface area contributed by atoms with Crippen LogP contribution in [0.1, 0.15) is 25.3 Å². The summed E-state index contributed by atoms with van der Waals surface area (Å²) in [4.78, 5) is 11.1. The van der Waals surface area contributed by atoms with Gasteiger partial charge in [-0.05, 0) is 37.8 Å². The molecule has 0 fully saturated rings. The van der Waals surface area contributed by atoms with Gasteiger partial charge in [0.15, 0.2) is 0 Å². The fraction of sp³-hybridized carbons (Fsp3) is 0.357. The van der Waals surface area contributed by atoms with Crippen LogP contribution in [0.4, 0.5) is 0 Å². The number of phenolic OH excluding ortho intramolecular Hbond substituents is 1. The van der Waals surface area contributed by atoms with Crippen molar-refractivity contribution >= 4 is 5.97 Å². The van der Waals surface area contributed by atoms with Gasteiger partial charge in [0.05, 0.1) is 6.61 Å². The number of benzene rings is 1. The van der Waals surface area contributed by atoms with Crippen LogP contribution in [0.5, 0.6) is 5.75 Å². The van der Waals surface area contributed by atoms with Crippen molar-refractivity contribution in [1.82, 2.24) is 0 Å². The van der Waals surface area contributed by atoms with E-state index in [0.29, 0.717) is 17.9 Å². The number of esters is 1. The smallest absolute Gasteiger partial charge is 0.333 e. The largest absolute Gasteiger partial charge is 0.508 e. The first-order valence-corrected chi connectivity index (χ1v) is 5.70. The second kappa shape index (κ2) is 6.74. The molecule has 3 nitrogen and oxygen atoms in total. The Kier molecular flexibility index (Phi) is 5.27. The monoisotopic (exact) mass is 234 g/mol. The van der Waals surface area contributed by atoms with Gasteiger partial charge in [0.25, 0.3) is 0 Å². The molecule has 3 heteroatoms. The van der Waals surface area contributed by atoms with Crippen LogP contribution in [0, 0.1) is 0 Å². The molecule has 0 aromatic heterocycles. The average molecular weight is 234 g/mol. The molecule has 0 saturated heterocycles. The second-order valence-corrected chi connectivity index (χ2v) is 4.00. The average Bonchev–Trinajstić information content (AvgIpc) is 2.30. The van der Waals surface area contributed by atoms with E-state index in [0.717, 1.165) is 24.8 Å². The molecule has 92 valence electrons. The number of carbonyl (C=O) groups excluding carboxylic acids is 1. The van der Waals surface area contributed by atoms with E-state index in [1.165, 1.54) is 0 Å². The van der Waals surface area contributed by atoms with Crippen LogP contribution in [-0.2, 0) is 16.0 Å². The molecule has 0 saturated carbocycles. The highest BCUT2D eigenvalue weighted by Crippen LogP contribution is 2.17. The predicted molar refractivity (Wildman–Crippen MR) is 66.8 cm³/mol. The summed E-state index contributed by atoms with van der Waals surface area (Å²) in [5.74, 6) is -0.0148. The number of para-hydroxylation sites is 1. The lowest BCUT2D eigenvalue weighted by Crippen LogP contribution is -2.06. The van der Waals surface area contributed by atoms with E-state index in [9.17, 15) is 9.90 Å². The molecule has 1 aromatic rings. The summed E-state index contributed by atoms with van der Waals surface area (Å²) >= 11 is 0. The Morgan fingerprint density at radius 3 is 2.71 bits per heavy atom. The maximum Gasteiger partial charge on any atom is 0.333 e. The van der Waals surface area contributed by atoms with E-state index < -0.39 is 0 Å². The van der Waals surface area contributed by atoms with Gasteiger partial charge < -0.3 is 9.84 Å². The molecule has 1 rings (SSSR count). The zero-order valence-electron chi connectivity index (χ0n) is 10.1. The number of ether oxygens (including phenoxy) is 1. The third-order valence-electron chi connectivity index (χ3n) is 2.41. The van der Waals surface area contributed by atoms with Crippen LogP contribution in [0.15, 0.2) is 36.4 Å². The molecule has 0 aliphatic rings. The van der Waals surface area contributed by atoms with Crippen molar-refractivity contribution in [1.29, 1.82) is 0 Å². The molecule has 1 aromatic carbocycles. The molecule has 0 unspecified atom stereocenters. The maximum absolute atomic E-state index is 11.1. The van der Waals surface area contributed by atoms with E-state index in [1.807, 2.05) is 12.1 Å². The van der Waals surface area contributed by atoms with Crippen LogP contribution < -0.4 is 0 Å². The van der Waals surface area contributed by atoms with Crippen molar-refractivity contribution < 1.29 is 14.6 Å². The topological polar surface area (TPSA) is 46.5 Å². The van der Waals surface area contributed by atoms with Gasteiger partial charge >= 0.3 is 5.97 Å². The first-order chi connectivity index (χ1) is 8.11. The molecule has 0 amide bonds. The third-order valence-corrected chi connectivity index (χ3v) is 2.41. The molecule has 0 aliphatic carbocycles. The summed E-state index contributed by atoms with van der Waals surface area (Å²) in [6.07, 6.45) is 2.45. The summed E-state index contributed by atoms with van der Waals surface area (Å²) in [6, 6.07) is 7.27. The summed E-state index contributed by atoms with van der Waals surface area (Å²) in [5.41, 5.74) is 1.35. The molecular weight excluding hydrogens is 216 g/mol. The quantitative estimate of drug-likeness (QED) is 0.467. The molecule has 0 bridgehead atoms. The number of hydrogen-bond acceptors (Lipinski definition) is 3. The molecule has 1 N–H and O–H groups in total. The SMILES string of the molecule is C=C(C)C(=O)OCCCCc1ccccc1O. The number of phenols is 1. The van der Waals surface area contributed by atoms with Gasteiger partial charge in [-0.1, -0.05) is 24.8 Å². The van der Waals surface area contributed by atoms with E-state index >= 15 is 0 Å². The Labute approximate surface area is 102 Å². The Hall–Kier alpha value is -1.77. The van der Waals surface area contributed by atoms with Crippen molar-refractivity contribution in [2.75, 3.05) is 6.61 Å². The molecule has 0 heterocycles. The van der Waals surface area contributed by atoms with Gasteiger partial charge in [0.1, 0.15) is 5.75 Å². The van der Waals surface area contributed by atoms with Gasteiger partial charge in [-0.3, -0.25) is 0 Å². The second-order valence-electron chi connectivity index (χ2n) is 4.00. The predicted octanol–water partition coefficient (Wildman–Crippen LogP) is 2.83. The molecule has 0 radical (unpaired) electrons. The van der Waals surface area contributed by atoms with Crippen LogP contribution in [0.3, 0.4) is 0 Å². The minimum atomic E-state index is -0.340. The number of carbonyl (C=O) groups is 1. The first kappa shape index (κ1) is 13.3. The van der Waals surface area contributed by atoms with Crippen molar-refractivity contribution in [2.45, 2.75) is 26.2 Å². The Balaban J connectivity index is 2.19. The minimum Gasteiger partial charge on any atom is -0.508 e. The number of rotatable bonds is 6. The number of aryl methyl sites for hydroxylation is 1. The summed E-state index contributed by atoms with van der Waals surface area (Å²) in [5, 5.41) is 9.53. The Morgan fingerprint density at radius 2 is 2.06 bits per heavy atom. The van der Waals surface area contributed by atoms with Crippen molar-refractivity contribution in [3.8, 4) is 5.75 Å². The Morgan fingerprint density at radius 1 is 1.35 bits per heavy atom. The highest BCUT2D eigenvalue weighted by atomic mass is 16.5. The van der Waals surface area contributed by atoms with E-state index in [1.54, 1.807) is 19.1 Å². The highest BCUT2D eigenvalue weighted by molar-refractivity contribution is 5.86. The summed E-state index contributed by atoms with van der Waals surface area (Å²) in [7, 11) is 0. The molecule has 0 spiro atoms. The Bertz CT molecular complexity index is 396. The fourth-order valence-electron chi connectivity index (χ4n) is 1.43. The van der Waals surface area contributed by atoms with Crippen LogP contribution >= 0.6 is 0 Å². The molecule has 0 aliphatic heterocycles. The van der Waals surface area contributed by atoms with E-state index in [2.05, 4.69) is 6.58 Å². The van der Waals surface area contributed by atoms with Crippen LogP contribution in [0.25, 0.3) is 0 Å². The third kappa shape index (κ3) is 4.72. The first-order valence-electron chi connectivity index (χ1n) is 5.70. The van der Waals surface area contributed by atoms with Gasteiger partial charge in [0, 0.05) is 5.57 Å². The van der Waals surface area contributed by atoms with Gasteiger partial charge in [-0.25, -0.2) is 4.79 Å². The standard InChI is InChI=1S/C14H18O3/c1-11(2)14(16)17-10-6-5-8-12-7-3-4-9-13(12)15/h3-4,7,9,15H,1,5-6,8,10H2,2H3. The highest BCUT2D eigenvalue weighted by Gasteiger charge is 2.03. The van der Waals surface area contributed by atoms with Crippen LogP contribution in [0.2, 0.25) is 0 Å². The number of unbranched alkanes of at least 4 members (excludes halogenated alkanes) is 1. The number of aromatic hydroxyl groups is 1. The van der Waals surface area contributed by atoms with Gasteiger partial charge in [0.2, 0.25) is 0 Å². The molecular formula is C14H18O3. The number of hydrogen-bond donors (Lipinski definition) is 1. The summed E-state index contributed by atoms with van der Waals surface area (Å²) in [6.45, 7) is 5.54. The maximum atomic E-state index is 11.1. The zero-order valence-corrected chi connectivity index (χ0v) is 10.1. The van der Waals surface area contributed by atoms with Crippen molar-refractivity contribution in [2.24, 2.45) is 0 Å². The van der Waals surface area contributed by atoms with Crippen molar-refractivity contribution in [3.63, 3.8) is 0 Å². The zero-order chi connectivity index (χ0) is 12.7. The van der Waals surface area contributed by atoms with Gasteiger partial charge in [-0.15, -0.1) is 0 Å². The van der Waals surface area contributed by atoms with Gasteiger partial charge in [-0.2, -0.15) is 0 Å².